The molecule has 2 fully saturated rings. The number of nitrogens with one attached hydrogen (secondary N) is 2. The van der Waals surface area contributed by atoms with Gasteiger partial charge in [0.2, 0.25) is 5.91 Å². The Morgan fingerprint density at radius 1 is 1.21 bits per heavy atom. The van der Waals surface area contributed by atoms with E-state index in [1.807, 2.05) is 6.92 Å². The number of H-pyrrole nitrogens is 1. The van der Waals surface area contributed by atoms with Crippen molar-refractivity contribution in [3.05, 3.63) is 41.3 Å². The van der Waals surface area contributed by atoms with E-state index in [0.29, 0.717) is 12.0 Å². The van der Waals surface area contributed by atoms with E-state index >= 15 is 0 Å². The lowest BCUT2D eigenvalue weighted by Crippen LogP contribution is -2.51. The van der Waals surface area contributed by atoms with Gasteiger partial charge in [-0.3, -0.25) is 9.89 Å². The van der Waals surface area contributed by atoms with Gasteiger partial charge in [-0.05, 0) is 75.9 Å². The van der Waals surface area contributed by atoms with Crippen LogP contribution in [0.5, 0.6) is 0 Å². The van der Waals surface area contributed by atoms with Crippen LogP contribution in [0, 0.1) is 18.7 Å². The number of halogens is 1. The molecule has 0 spiro atoms. The number of nitrogens with zero attached hydrogens (tertiary/aromatic N) is 2. The zero-order valence-electron chi connectivity index (χ0n) is 16.5. The summed E-state index contributed by atoms with van der Waals surface area (Å²) in [6, 6.07) is 6.87. The third-order valence-electron chi connectivity index (χ3n) is 6.32. The summed E-state index contributed by atoms with van der Waals surface area (Å²) in [6.07, 6.45) is 6.59. The number of piperidine rings is 2. The molecular weight excluding hydrogens is 355 g/mol. The summed E-state index contributed by atoms with van der Waals surface area (Å²) >= 11 is 0. The molecule has 2 atom stereocenters. The number of fused-ring (bicyclic) bond motifs is 1. The first-order valence-electron chi connectivity index (χ1n) is 10.4. The Hall–Kier alpha value is -2.21. The van der Waals surface area contributed by atoms with Crippen LogP contribution in [-0.2, 0) is 11.2 Å². The Labute approximate surface area is 165 Å². The number of carbonyl (C=O) groups is 1. The number of aromatic nitrogens is 2. The van der Waals surface area contributed by atoms with E-state index in [-0.39, 0.29) is 18.1 Å². The van der Waals surface area contributed by atoms with Gasteiger partial charge in [0.1, 0.15) is 5.82 Å². The van der Waals surface area contributed by atoms with Crippen LogP contribution in [0.1, 0.15) is 43.4 Å². The largest absolute Gasteiger partial charge is 0.355 e. The van der Waals surface area contributed by atoms with Crippen LogP contribution in [0.15, 0.2) is 24.3 Å². The van der Waals surface area contributed by atoms with Crippen LogP contribution in [0.2, 0.25) is 0 Å². The predicted molar refractivity (Wildman–Crippen MR) is 107 cm³/mol. The van der Waals surface area contributed by atoms with Crippen molar-refractivity contribution >= 4 is 5.91 Å². The number of aromatic amines is 1. The number of benzene rings is 1. The van der Waals surface area contributed by atoms with Gasteiger partial charge in [0.15, 0.2) is 0 Å². The lowest BCUT2D eigenvalue weighted by atomic mass is 9.83. The van der Waals surface area contributed by atoms with E-state index in [9.17, 15) is 9.18 Å². The minimum absolute atomic E-state index is 0.0285. The Morgan fingerprint density at radius 2 is 2.00 bits per heavy atom. The fourth-order valence-corrected chi connectivity index (χ4v) is 4.80. The van der Waals surface area contributed by atoms with Crippen LogP contribution in [0.4, 0.5) is 4.39 Å². The summed E-state index contributed by atoms with van der Waals surface area (Å²) in [7, 11) is 0. The molecule has 2 saturated heterocycles. The number of rotatable bonds is 5. The molecule has 0 saturated carbocycles. The van der Waals surface area contributed by atoms with Crippen LogP contribution >= 0.6 is 0 Å². The van der Waals surface area contributed by atoms with Crippen LogP contribution in [0.25, 0.3) is 11.3 Å². The quantitative estimate of drug-likeness (QED) is 0.830. The van der Waals surface area contributed by atoms with Crippen molar-refractivity contribution in [3.8, 4) is 11.3 Å². The highest BCUT2D eigenvalue weighted by molar-refractivity contribution is 5.81. The molecule has 1 amide bonds. The second-order valence-electron chi connectivity index (χ2n) is 8.16. The van der Waals surface area contributed by atoms with E-state index in [0.717, 1.165) is 29.1 Å². The molecule has 1 aromatic heterocycles. The van der Waals surface area contributed by atoms with Gasteiger partial charge in [-0.25, -0.2) is 4.39 Å². The standard InChI is InChI=1S/C22H29FN4O/c1-15-19(22(26-25-15)16-7-9-18(23)10-8-16)13-21(28)24-14-17-5-4-12-27-11-3-2-6-20(17)27/h7-10,17,20H,2-6,11-14H2,1H3,(H,24,28)(H,25,26)/t17-,20+/m1/s1. The maximum Gasteiger partial charge on any atom is 0.224 e. The van der Waals surface area contributed by atoms with Crippen LogP contribution in [-0.4, -0.2) is 46.7 Å². The lowest BCUT2D eigenvalue weighted by Gasteiger charge is -2.44. The molecule has 4 rings (SSSR count). The van der Waals surface area contributed by atoms with Gasteiger partial charge < -0.3 is 10.2 Å². The summed E-state index contributed by atoms with van der Waals surface area (Å²) in [5.41, 5.74) is 3.31. The van der Waals surface area contributed by atoms with Gasteiger partial charge in [0.25, 0.3) is 0 Å². The highest BCUT2D eigenvalue weighted by Crippen LogP contribution is 2.30. The molecule has 28 heavy (non-hydrogen) atoms. The SMILES string of the molecule is Cc1[nH]nc(-c2ccc(F)cc2)c1CC(=O)NC[C@H]1CCCN2CCCC[C@@H]12. The molecule has 2 aliphatic rings. The molecule has 6 heteroatoms. The molecule has 0 aliphatic carbocycles. The molecule has 2 N–H and O–H groups in total. The van der Waals surface area contributed by atoms with Crippen molar-refractivity contribution in [1.82, 2.24) is 20.4 Å². The van der Waals surface area contributed by atoms with Gasteiger partial charge in [-0.1, -0.05) is 6.42 Å². The summed E-state index contributed by atoms with van der Waals surface area (Å²) in [5, 5.41) is 10.5. The van der Waals surface area contributed by atoms with E-state index in [1.54, 1.807) is 12.1 Å². The molecule has 3 heterocycles. The predicted octanol–water partition coefficient (Wildman–Crippen LogP) is 3.45. The average Bonchev–Trinajstić information content (AvgIpc) is 3.07. The zero-order valence-corrected chi connectivity index (χ0v) is 16.5. The number of carbonyl (C=O) groups excluding carboxylic acids is 1. The zero-order chi connectivity index (χ0) is 19.5. The fraction of sp³-hybridized carbons (Fsp3) is 0.545. The molecule has 150 valence electrons. The fourth-order valence-electron chi connectivity index (χ4n) is 4.80. The minimum Gasteiger partial charge on any atom is -0.355 e. The van der Waals surface area contributed by atoms with Crippen molar-refractivity contribution in [2.24, 2.45) is 5.92 Å². The van der Waals surface area contributed by atoms with Gasteiger partial charge in [0.05, 0.1) is 12.1 Å². The van der Waals surface area contributed by atoms with E-state index in [1.165, 1.54) is 57.3 Å². The second-order valence-corrected chi connectivity index (χ2v) is 8.16. The number of hydrogen-bond donors (Lipinski definition) is 2. The molecular formula is C22H29FN4O. The first kappa shape index (κ1) is 19.1. The average molecular weight is 384 g/mol. The maximum absolute atomic E-state index is 13.2. The molecule has 0 unspecified atom stereocenters. The normalized spacial score (nSPS) is 22.6. The summed E-state index contributed by atoms with van der Waals surface area (Å²) in [4.78, 5) is 15.3. The van der Waals surface area contributed by atoms with Crippen molar-refractivity contribution in [2.45, 2.75) is 51.5 Å². The van der Waals surface area contributed by atoms with Crippen molar-refractivity contribution < 1.29 is 9.18 Å². The van der Waals surface area contributed by atoms with Gasteiger partial charge in [0, 0.05) is 29.4 Å². The Morgan fingerprint density at radius 3 is 2.82 bits per heavy atom. The Balaban J connectivity index is 1.39. The van der Waals surface area contributed by atoms with Gasteiger partial charge in [-0.15, -0.1) is 0 Å². The van der Waals surface area contributed by atoms with Crippen molar-refractivity contribution in [3.63, 3.8) is 0 Å². The Kier molecular flexibility index (Phi) is 5.76. The van der Waals surface area contributed by atoms with Crippen LogP contribution < -0.4 is 5.32 Å². The molecule has 5 nitrogen and oxygen atoms in total. The Bertz CT molecular complexity index is 814. The second kappa shape index (κ2) is 8.43. The number of hydrogen-bond acceptors (Lipinski definition) is 3. The van der Waals surface area contributed by atoms with Crippen LogP contribution in [0.3, 0.4) is 0 Å². The highest BCUT2D eigenvalue weighted by Gasteiger charge is 2.33. The van der Waals surface area contributed by atoms with Crippen molar-refractivity contribution in [1.29, 1.82) is 0 Å². The topological polar surface area (TPSA) is 61.0 Å². The maximum atomic E-state index is 13.2. The summed E-state index contributed by atoms with van der Waals surface area (Å²) < 4.78 is 13.2. The highest BCUT2D eigenvalue weighted by atomic mass is 19.1. The van der Waals surface area contributed by atoms with E-state index < -0.39 is 0 Å². The molecule has 1 aromatic carbocycles. The lowest BCUT2D eigenvalue weighted by molar-refractivity contribution is -0.120. The number of amides is 1. The smallest absolute Gasteiger partial charge is 0.224 e. The monoisotopic (exact) mass is 384 g/mol. The first-order valence-corrected chi connectivity index (χ1v) is 10.4. The van der Waals surface area contributed by atoms with E-state index in [2.05, 4.69) is 20.4 Å². The molecule has 2 aromatic rings. The summed E-state index contributed by atoms with van der Waals surface area (Å²) in [5.74, 6) is 0.306. The first-order chi connectivity index (χ1) is 13.6. The van der Waals surface area contributed by atoms with E-state index in [4.69, 9.17) is 0 Å². The van der Waals surface area contributed by atoms with Gasteiger partial charge in [-0.2, -0.15) is 5.10 Å². The molecule has 2 aliphatic heterocycles. The number of aryl methyl sites for hydroxylation is 1. The molecule has 0 bridgehead atoms. The van der Waals surface area contributed by atoms with Crippen molar-refractivity contribution in [2.75, 3.05) is 19.6 Å². The van der Waals surface area contributed by atoms with Gasteiger partial charge >= 0.3 is 0 Å². The minimum atomic E-state index is -0.278. The third kappa shape index (κ3) is 4.12. The third-order valence-corrected chi connectivity index (χ3v) is 6.32. The molecule has 0 radical (unpaired) electrons. The summed E-state index contributed by atoms with van der Waals surface area (Å²) in [6.45, 7) is 5.10.